The van der Waals surface area contributed by atoms with E-state index in [0.717, 1.165) is 62.7 Å². The molecule has 330 valence electrons. The average molecular weight is 838 g/mol. The number of nitrogens with one attached hydrogen (secondary N) is 1. The molecular formula is C51H67NO9. The van der Waals surface area contributed by atoms with E-state index < -0.39 is 42.0 Å². The Balaban J connectivity index is 0.990. The number of benzene rings is 2. The van der Waals surface area contributed by atoms with Crippen LogP contribution in [0, 0.1) is 41.4 Å². The van der Waals surface area contributed by atoms with Gasteiger partial charge in [0.25, 0.3) is 0 Å². The molecule has 14 atom stereocenters. The van der Waals surface area contributed by atoms with Crippen LogP contribution in [0.5, 0.6) is 23.0 Å². The van der Waals surface area contributed by atoms with Crippen molar-refractivity contribution in [2.24, 2.45) is 41.4 Å². The van der Waals surface area contributed by atoms with Crippen LogP contribution in [0.2, 0.25) is 0 Å². The fourth-order valence-electron chi connectivity index (χ4n) is 14.2. The van der Waals surface area contributed by atoms with E-state index in [1.54, 1.807) is 0 Å². The Bertz CT molecular complexity index is 2070. The minimum absolute atomic E-state index is 0.0575. The molecule has 5 aliphatic carbocycles. The Kier molecular flexibility index (Phi) is 11.5. The van der Waals surface area contributed by atoms with Gasteiger partial charge in [-0.3, -0.25) is 0 Å². The van der Waals surface area contributed by atoms with Crippen LogP contribution in [0.3, 0.4) is 0 Å². The predicted molar refractivity (Wildman–Crippen MR) is 231 cm³/mol. The highest BCUT2D eigenvalue weighted by Crippen LogP contribution is 2.59. The van der Waals surface area contributed by atoms with Crippen molar-refractivity contribution in [2.75, 3.05) is 13.7 Å². The fraction of sp³-hybridized carbons (Fsp3) is 0.647. The Morgan fingerprint density at radius 2 is 1.67 bits per heavy atom. The van der Waals surface area contributed by atoms with E-state index in [0.29, 0.717) is 79.4 Å². The number of hydrogen-bond acceptors (Lipinski definition) is 9. The molecule has 2 aliphatic heterocycles. The first-order chi connectivity index (χ1) is 29.6. The SMILES string of the molecule is COc1c(O)c(O)c(CO)c(C2CC(O)C3CCC(c4ccc5c(c4)C4C6C=CC7CCCC7C6CCC4C(O)CCC4(O)CCC(CCO5)C4)CC3O2)c1Cc1cc[nH]c1. The Labute approximate surface area is 360 Å². The van der Waals surface area contributed by atoms with Gasteiger partial charge in [-0.25, -0.2) is 0 Å². The lowest BCUT2D eigenvalue weighted by Gasteiger charge is -2.49. The van der Waals surface area contributed by atoms with Crippen molar-refractivity contribution in [2.45, 2.75) is 151 Å². The number of hydrogen-bond donors (Lipinski definition) is 7. The van der Waals surface area contributed by atoms with Gasteiger partial charge in [-0.2, -0.15) is 0 Å². The summed E-state index contributed by atoms with van der Waals surface area (Å²) >= 11 is 0. The molecule has 0 spiro atoms. The summed E-state index contributed by atoms with van der Waals surface area (Å²) in [5, 5.41) is 68.5. The van der Waals surface area contributed by atoms with Gasteiger partial charge < -0.3 is 49.8 Å². The number of phenolic OH excluding ortho intramolecular Hbond substituents is 1. The second-order valence-corrected chi connectivity index (χ2v) is 20.3. The molecule has 1 aromatic heterocycles. The van der Waals surface area contributed by atoms with Gasteiger partial charge in [-0.15, -0.1) is 0 Å². The van der Waals surface area contributed by atoms with Gasteiger partial charge in [0.05, 0.1) is 50.3 Å². The number of aromatic hydroxyl groups is 2. The normalized spacial score (nSPS) is 38.3. The molecule has 0 radical (unpaired) electrons. The van der Waals surface area contributed by atoms with Gasteiger partial charge in [-0.05, 0) is 165 Å². The maximum atomic E-state index is 12.2. The molecule has 7 aliphatic rings. The van der Waals surface area contributed by atoms with Crippen molar-refractivity contribution >= 4 is 0 Å². The van der Waals surface area contributed by atoms with Crippen molar-refractivity contribution in [3.05, 3.63) is 82.2 Å². The predicted octanol–water partition coefficient (Wildman–Crippen LogP) is 8.46. The van der Waals surface area contributed by atoms with Crippen molar-refractivity contribution in [3.8, 4) is 23.0 Å². The highest BCUT2D eigenvalue weighted by Gasteiger charge is 2.50. The molecule has 7 N–H and O–H groups in total. The Morgan fingerprint density at radius 3 is 2.49 bits per heavy atom. The minimum atomic E-state index is -0.695. The number of methoxy groups -OCH3 is 1. The lowest BCUT2D eigenvalue weighted by molar-refractivity contribution is -0.154. The molecule has 10 rings (SSSR count). The summed E-state index contributed by atoms with van der Waals surface area (Å²) in [5.41, 5.74) is 4.06. The first-order valence-electron chi connectivity index (χ1n) is 23.7. The number of ether oxygens (including phenoxy) is 3. The molecule has 1 saturated heterocycles. The van der Waals surface area contributed by atoms with Crippen LogP contribution in [0.4, 0.5) is 0 Å². The average Bonchev–Trinajstić information content (AvgIpc) is 4.06. The van der Waals surface area contributed by atoms with Crippen LogP contribution in [0.15, 0.2) is 48.8 Å². The van der Waals surface area contributed by atoms with Crippen LogP contribution in [-0.2, 0) is 17.8 Å². The number of fused-ring (bicyclic) bond motifs is 10. The van der Waals surface area contributed by atoms with E-state index >= 15 is 0 Å². The summed E-state index contributed by atoms with van der Waals surface area (Å²) in [6.45, 7) is 0.0982. The molecule has 3 heterocycles. The van der Waals surface area contributed by atoms with Crippen molar-refractivity contribution in [3.63, 3.8) is 0 Å². The summed E-state index contributed by atoms with van der Waals surface area (Å²) in [4.78, 5) is 3.09. The van der Waals surface area contributed by atoms with Crippen LogP contribution in [0.25, 0.3) is 0 Å². The van der Waals surface area contributed by atoms with Crippen molar-refractivity contribution in [1.82, 2.24) is 4.98 Å². The largest absolute Gasteiger partial charge is 0.504 e. The number of aliphatic hydroxyl groups excluding tert-OH is 3. The van der Waals surface area contributed by atoms with E-state index in [1.807, 2.05) is 18.5 Å². The maximum absolute atomic E-state index is 12.2. The van der Waals surface area contributed by atoms with Crippen LogP contribution in [-0.4, -0.2) is 73.3 Å². The molecule has 3 aromatic rings. The monoisotopic (exact) mass is 837 g/mol. The van der Waals surface area contributed by atoms with E-state index in [9.17, 15) is 30.6 Å². The maximum Gasteiger partial charge on any atom is 0.201 e. The zero-order valence-corrected chi connectivity index (χ0v) is 35.8. The standard InChI is InChI=1S/C51H67NO9/c1-59-50-39(21-29-15-19-52-26-29)47(40(27-53)48(56)49(50)57)45-24-42(55)36-9-6-32(23-44(36)61-45)31-7-12-43-38(22-31)46-35-8-5-30-3-2-4-33(30)34(35)10-11-37(46)41(54)14-18-51(58)17-13-28(25-51)16-20-60-43/h5,7-8,12,15,19,22,26,28,30,32-37,41-42,44-46,52-58H,2-4,6,9-11,13-14,16-18,20-21,23-25,27H2,1H3. The number of H-pyrrole nitrogens is 1. The summed E-state index contributed by atoms with van der Waals surface area (Å²) in [6.07, 6.45) is 20.5. The van der Waals surface area contributed by atoms with Crippen LogP contribution >= 0.6 is 0 Å². The number of rotatable bonds is 6. The topological polar surface area (TPSA) is 165 Å². The first kappa shape index (κ1) is 41.5. The molecule has 5 fully saturated rings. The molecule has 2 bridgehead atoms. The minimum Gasteiger partial charge on any atom is -0.504 e. The van der Waals surface area contributed by atoms with Gasteiger partial charge in [-0.1, -0.05) is 30.7 Å². The van der Waals surface area contributed by atoms with E-state index in [-0.39, 0.29) is 41.1 Å². The van der Waals surface area contributed by atoms with E-state index in [2.05, 4.69) is 35.3 Å². The highest BCUT2D eigenvalue weighted by atomic mass is 16.5. The summed E-state index contributed by atoms with van der Waals surface area (Å²) in [7, 11) is 1.46. The number of allylic oxidation sites excluding steroid dienone is 2. The molecule has 10 heteroatoms. The second-order valence-electron chi connectivity index (χ2n) is 20.3. The number of phenols is 2. The fourth-order valence-corrected chi connectivity index (χ4v) is 14.2. The zero-order valence-electron chi connectivity index (χ0n) is 35.8. The quantitative estimate of drug-likeness (QED) is 0.0953. The zero-order chi connectivity index (χ0) is 42.0. The summed E-state index contributed by atoms with van der Waals surface area (Å²) in [5.74, 6) is 3.20. The third-order valence-electron chi connectivity index (χ3n) is 17.2. The van der Waals surface area contributed by atoms with E-state index in [1.165, 1.54) is 37.5 Å². The molecule has 0 amide bonds. The second kappa shape index (κ2) is 16.9. The van der Waals surface area contributed by atoms with Gasteiger partial charge in [0, 0.05) is 42.3 Å². The van der Waals surface area contributed by atoms with Crippen molar-refractivity contribution < 1.29 is 44.8 Å². The molecule has 61 heavy (non-hydrogen) atoms. The summed E-state index contributed by atoms with van der Waals surface area (Å²) in [6, 6.07) is 8.79. The van der Waals surface area contributed by atoms with Gasteiger partial charge in [0.2, 0.25) is 5.75 Å². The number of aliphatic hydroxyl groups is 4. The van der Waals surface area contributed by atoms with Crippen LogP contribution < -0.4 is 9.47 Å². The van der Waals surface area contributed by atoms with Gasteiger partial charge in [0.1, 0.15) is 5.75 Å². The van der Waals surface area contributed by atoms with Gasteiger partial charge in [0.15, 0.2) is 11.5 Å². The Morgan fingerprint density at radius 1 is 0.836 bits per heavy atom. The molecule has 10 nitrogen and oxygen atoms in total. The van der Waals surface area contributed by atoms with Crippen LogP contribution in [0.1, 0.15) is 148 Å². The molecule has 14 unspecified atom stereocenters. The lowest BCUT2D eigenvalue weighted by atomic mass is 9.56. The summed E-state index contributed by atoms with van der Waals surface area (Å²) < 4.78 is 19.6. The highest BCUT2D eigenvalue weighted by molar-refractivity contribution is 5.64. The van der Waals surface area contributed by atoms with Gasteiger partial charge >= 0.3 is 0 Å². The lowest BCUT2D eigenvalue weighted by Crippen LogP contribution is -2.45. The first-order valence-corrected chi connectivity index (χ1v) is 23.7. The molecule has 2 aromatic carbocycles. The smallest absolute Gasteiger partial charge is 0.201 e. The number of aromatic amines is 1. The molecule has 4 saturated carbocycles. The Hall–Kier alpha value is -3.54. The van der Waals surface area contributed by atoms with Crippen molar-refractivity contribution in [1.29, 1.82) is 0 Å². The van der Waals surface area contributed by atoms with E-state index in [4.69, 9.17) is 14.2 Å². The molecular weight excluding hydrogens is 771 g/mol. The number of aromatic nitrogens is 1. The third-order valence-corrected chi connectivity index (χ3v) is 17.2. The third kappa shape index (κ3) is 7.60.